The molecule has 0 aliphatic heterocycles. The normalized spacial score (nSPS) is 12.8. The van der Waals surface area contributed by atoms with E-state index in [0.717, 1.165) is 48.5 Å². The molecule has 130 valence electrons. The molecule has 0 bridgehead atoms. The van der Waals surface area contributed by atoms with Gasteiger partial charge in [-0.25, -0.2) is 25.6 Å². The van der Waals surface area contributed by atoms with Crippen LogP contribution in [-0.4, -0.2) is 26.6 Å². The maximum absolute atomic E-state index is 13.0. The molecule has 0 aromatic heterocycles. The monoisotopic (exact) mass is 375 g/mol. The molecule has 0 saturated heterocycles. The quantitative estimate of drug-likeness (QED) is 0.806. The van der Waals surface area contributed by atoms with E-state index >= 15 is 0 Å². The third-order valence-corrected chi connectivity index (χ3v) is 7.82. The smallest absolute Gasteiger partial charge is 0.207 e. The number of hydrogen-bond donors (Lipinski definition) is 0. The summed E-state index contributed by atoms with van der Waals surface area (Å²) in [7, 11) is -8.90. The van der Waals surface area contributed by atoms with E-state index in [1.807, 2.05) is 0 Å². The third-order valence-electron chi connectivity index (χ3n) is 3.12. The Labute approximate surface area is 139 Å². The van der Waals surface area contributed by atoms with Crippen LogP contribution < -0.4 is 0 Å². The summed E-state index contributed by atoms with van der Waals surface area (Å²) in [6.07, 6.45) is 0. The fraction of sp³-hybridized carbons (Fsp3) is 0.200. The lowest BCUT2D eigenvalue weighted by Crippen LogP contribution is -2.41. The van der Waals surface area contributed by atoms with Gasteiger partial charge in [0.1, 0.15) is 11.6 Å². The van der Waals surface area contributed by atoms with Crippen LogP contribution in [-0.2, 0) is 20.0 Å². The number of sulfonamides is 2. The van der Waals surface area contributed by atoms with Crippen molar-refractivity contribution in [2.45, 2.75) is 29.7 Å². The summed E-state index contributed by atoms with van der Waals surface area (Å²) in [5.41, 5.74) is 0. The second kappa shape index (κ2) is 6.58. The Hall–Kier alpha value is -1.84. The van der Waals surface area contributed by atoms with Gasteiger partial charge in [-0.3, -0.25) is 0 Å². The Morgan fingerprint density at radius 2 is 1.00 bits per heavy atom. The maximum Gasteiger partial charge on any atom is 0.256 e. The molecule has 0 fully saturated rings. The van der Waals surface area contributed by atoms with Crippen molar-refractivity contribution in [3.05, 3.63) is 60.2 Å². The first kappa shape index (κ1) is 18.5. The van der Waals surface area contributed by atoms with Gasteiger partial charge < -0.3 is 0 Å². The lowest BCUT2D eigenvalue weighted by Gasteiger charge is -2.25. The summed E-state index contributed by atoms with van der Waals surface area (Å²) in [6.45, 7) is 2.78. The van der Waals surface area contributed by atoms with Crippen LogP contribution in [0.25, 0.3) is 0 Å². The van der Waals surface area contributed by atoms with E-state index in [2.05, 4.69) is 0 Å². The molecule has 0 heterocycles. The number of rotatable bonds is 5. The lowest BCUT2D eigenvalue weighted by atomic mass is 10.4. The van der Waals surface area contributed by atoms with Crippen LogP contribution in [0, 0.1) is 11.6 Å². The molecule has 2 rings (SSSR count). The Balaban J connectivity index is 2.60. The first-order valence-corrected chi connectivity index (χ1v) is 9.75. The molecular formula is C15H15F2NO4S2. The molecule has 0 spiro atoms. The van der Waals surface area contributed by atoms with Crippen molar-refractivity contribution < 1.29 is 25.6 Å². The van der Waals surface area contributed by atoms with Crippen LogP contribution in [0.4, 0.5) is 8.78 Å². The molecular weight excluding hydrogens is 360 g/mol. The zero-order valence-electron chi connectivity index (χ0n) is 12.8. The van der Waals surface area contributed by atoms with Gasteiger partial charge in [0.05, 0.1) is 9.79 Å². The topological polar surface area (TPSA) is 71.5 Å². The minimum Gasteiger partial charge on any atom is -0.207 e. The van der Waals surface area contributed by atoms with Gasteiger partial charge in [0.15, 0.2) is 0 Å². The summed E-state index contributed by atoms with van der Waals surface area (Å²) in [6, 6.07) is 6.72. The highest BCUT2D eigenvalue weighted by atomic mass is 32.3. The molecule has 0 amide bonds. The molecule has 2 aromatic carbocycles. The van der Waals surface area contributed by atoms with E-state index in [1.165, 1.54) is 13.8 Å². The van der Waals surface area contributed by atoms with Crippen LogP contribution in [0.1, 0.15) is 13.8 Å². The number of benzene rings is 2. The van der Waals surface area contributed by atoms with Crippen LogP contribution in [0.15, 0.2) is 58.3 Å². The highest BCUT2D eigenvalue weighted by Gasteiger charge is 2.38. The third kappa shape index (κ3) is 3.47. The van der Waals surface area contributed by atoms with Crippen molar-refractivity contribution in [2.75, 3.05) is 0 Å². The summed E-state index contributed by atoms with van der Waals surface area (Å²) < 4.78 is 77.2. The summed E-state index contributed by atoms with van der Waals surface area (Å²) in [5, 5.41) is 0. The van der Waals surface area contributed by atoms with Gasteiger partial charge in [0, 0.05) is 6.04 Å². The predicted octanol–water partition coefficient (Wildman–Crippen LogP) is 2.75. The van der Waals surface area contributed by atoms with E-state index < -0.39 is 37.7 Å². The molecule has 0 unspecified atom stereocenters. The van der Waals surface area contributed by atoms with Crippen LogP contribution in [0.3, 0.4) is 0 Å². The average Bonchev–Trinajstić information content (AvgIpc) is 2.47. The number of nitrogens with zero attached hydrogens (tertiary/aromatic N) is 1. The lowest BCUT2D eigenvalue weighted by molar-refractivity contribution is 0.456. The summed E-state index contributed by atoms with van der Waals surface area (Å²) in [4.78, 5) is -0.716. The molecule has 2 aromatic rings. The van der Waals surface area contributed by atoms with Gasteiger partial charge in [-0.05, 0) is 62.4 Å². The van der Waals surface area contributed by atoms with Crippen LogP contribution >= 0.6 is 0 Å². The Morgan fingerprint density at radius 3 is 1.25 bits per heavy atom. The Kier molecular flexibility index (Phi) is 5.07. The molecule has 5 nitrogen and oxygen atoms in total. The van der Waals surface area contributed by atoms with E-state index in [1.54, 1.807) is 0 Å². The van der Waals surface area contributed by atoms with Crippen LogP contribution in [0.2, 0.25) is 0 Å². The van der Waals surface area contributed by atoms with Crippen LogP contribution in [0.5, 0.6) is 0 Å². The van der Waals surface area contributed by atoms with Crippen molar-refractivity contribution in [3.63, 3.8) is 0 Å². The molecule has 0 saturated carbocycles. The summed E-state index contributed by atoms with van der Waals surface area (Å²) in [5.74, 6) is -1.29. The van der Waals surface area contributed by atoms with E-state index in [4.69, 9.17) is 0 Å². The molecule has 0 atom stereocenters. The van der Waals surface area contributed by atoms with Gasteiger partial charge >= 0.3 is 0 Å². The number of halogens is 2. The fourth-order valence-electron chi connectivity index (χ4n) is 2.11. The molecule has 0 radical (unpaired) electrons. The molecule has 9 heteroatoms. The second-order valence-corrected chi connectivity index (χ2v) is 9.10. The van der Waals surface area contributed by atoms with Crippen molar-refractivity contribution in [3.8, 4) is 0 Å². The predicted molar refractivity (Wildman–Crippen MR) is 84.1 cm³/mol. The maximum atomic E-state index is 13.0. The van der Waals surface area contributed by atoms with Crippen molar-refractivity contribution in [2.24, 2.45) is 0 Å². The van der Waals surface area contributed by atoms with Gasteiger partial charge in [-0.2, -0.15) is 0 Å². The van der Waals surface area contributed by atoms with Crippen molar-refractivity contribution in [1.29, 1.82) is 0 Å². The molecule has 0 aliphatic carbocycles. The standard InChI is InChI=1S/C15H15F2NO4S2/c1-11(2)18(23(19,20)14-7-3-12(16)4-8-14)24(21,22)15-9-5-13(17)6-10-15/h3-11H,1-2H3. The van der Waals surface area contributed by atoms with Crippen molar-refractivity contribution >= 4 is 20.0 Å². The van der Waals surface area contributed by atoms with E-state index in [-0.39, 0.29) is 9.79 Å². The number of hydrogen-bond acceptors (Lipinski definition) is 4. The van der Waals surface area contributed by atoms with Gasteiger partial charge in [-0.1, -0.05) is 3.71 Å². The Morgan fingerprint density at radius 1 is 0.708 bits per heavy atom. The minimum absolute atomic E-state index is 0.334. The second-order valence-electron chi connectivity index (χ2n) is 5.24. The fourth-order valence-corrected chi connectivity index (χ4v) is 6.14. The van der Waals surface area contributed by atoms with Gasteiger partial charge in [-0.15, -0.1) is 0 Å². The molecule has 0 aliphatic rings. The first-order chi connectivity index (χ1) is 11.1. The van der Waals surface area contributed by atoms with Gasteiger partial charge in [0.25, 0.3) is 20.0 Å². The van der Waals surface area contributed by atoms with E-state index in [0.29, 0.717) is 3.71 Å². The molecule has 0 N–H and O–H groups in total. The largest absolute Gasteiger partial charge is 0.256 e. The highest BCUT2D eigenvalue weighted by Crippen LogP contribution is 2.27. The Bertz CT molecular complexity index is 847. The highest BCUT2D eigenvalue weighted by molar-refractivity contribution is 8.04. The average molecular weight is 375 g/mol. The van der Waals surface area contributed by atoms with E-state index in [9.17, 15) is 25.6 Å². The SMILES string of the molecule is CC(C)N(S(=O)(=O)c1ccc(F)cc1)S(=O)(=O)c1ccc(F)cc1. The first-order valence-electron chi connectivity index (χ1n) is 6.87. The molecule has 24 heavy (non-hydrogen) atoms. The zero-order chi connectivity index (χ0) is 18.1. The van der Waals surface area contributed by atoms with Crippen molar-refractivity contribution in [1.82, 2.24) is 3.71 Å². The zero-order valence-corrected chi connectivity index (χ0v) is 14.5. The summed E-state index contributed by atoms with van der Waals surface area (Å²) >= 11 is 0. The van der Waals surface area contributed by atoms with Gasteiger partial charge in [0.2, 0.25) is 0 Å². The minimum atomic E-state index is -4.45.